The van der Waals surface area contributed by atoms with E-state index in [9.17, 15) is 9.90 Å². The molecule has 1 aliphatic carbocycles. The first-order valence-electron chi connectivity index (χ1n) is 10.0. The molecule has 2 heterocycles. The quantitative estimate of drug-likeness (QED) is 0.772. The summed E-state index contributed by atoms with van der Waals surface area (Å²) in [7, 11) is 0. The lowest BCUT2D eigenvalue weighted by Gasteiger charge is -2.25. The number of piperidine rings is 1. The maximum atomic E-state index is 12.5. The van der Waals surface area contributed by atoms with Crippen molar-refractivity contribution in [2.24, 2.45) is 5.92 Å². The van der Waals surface area contributed by atoms with Crippen LogP contribution in [0.1, 0.15) is 50.1 Å². The third kappa shape index (κ3) is 3.86. The summed E-state index contributed by atoms with van der Waals surface area (Å²) in [4.78, 5) is 16.8. The van der Waals surface area contributed by atoms with Crippen LogP contribution in [0.5, 0.6) is 5.75 Å². The molecule has 1 saturated carbocycles. The molecule has 1 aliphatic heterocycles. The third-order valence-corrected chi connectivity index (χ3v) is 5.96. The average molecular weight is 368 g/mol. The van der Waals surface area contributed by atoms with Crippen molar-refractivity contribution >= 4 is 5.82 Å². The predicted molar refractivity (Wildman–Crippen MR) is 107 cm³/mol. The number of phenols is 1. The Hall–Kier alpha value is -2.34. The van der Waals surface area contributed by atoms with E-state index in [1.165, 1.54) is 31.2 Å². The van der Waals surface area contributed by atoms with Gasteiger partial charge in [0.1, 0.15) is 5.75 Å². The fourth-order valence-corrected chi connectivity index (χ4v) is 4.46. The molecule has 0 radical (unpaired) electrons. The Bertz CT molecular complexity index is 865. The number of nitrogens with one attached hydrogen (secondary N) is 1. The molecular weight excluding hydrogens is 340 g/mol. The Morgan fingerprint density at radius 2 is 2.04 bits per heavy atom. The highest BCUT2D eigenvalue weighted by atomic mass is 16.3. The standard InChI is InChI=1S/C21H28N4O2/c22-20-21(27)25(16-6-3-9-23-12-16)13-18(24-20)17-11-15(7-8-19(17)26)10-14-4-1-2-5-14/h7-8,11,13-14,16,23,26H,1-6,9-10,12H2,(H2,22,24). The highest BCUT2D eigenvalue weighted by Gasteiger charge is 2.20. The summed E-state index contributed by atoms with van der Waals surface area (Å²) in [6.07, 6.45) is 9.92. The van der Waals surface area contributed by atoms with Gasteiger partial charge < -0.3 is 20.7 Å². The third-order valence-electron chi connectivity index (χ3n) is 5.96. The van der Waals surface area contributed by atoms with Gasteiger partial charge in [-0.3, -0.25) is 4.79 Å². The minimum atomic E-state index is -0.256. The van der Waals surface area contributed by atoms with Gasteiger partial charge in [0.2, 0.25) is 0 Å². The van der Waals surface area contributed by atoms with E-state index in [2.05, 4.69) is 10.3 Å². The number of rotatable bonds is 4. The summed E-state index contributed by atoms with van der Waals surface area (Å²) in [5.74, 6) is 0.880. The average Bonchev–Trinajstić information content (AvgIpc) is 3.19. The molecule has 4 N–H and O–H groups in total. The molecule has 1 atom stereocenters. The number of nitrogen functional groups attached to an aromatic ring is 1. The zero-order chi connectivity index (χ0) is 18.8. The Balaban J connectivity index is 1.69. The fraction of sp³-hybridized carbons (Fsp3) is 0.524. The molecule has 0 bridgehead atoms. The van der Waals surface area contributed by atoms with Crippen molar-refractivity contribution in [3.05, 3.63) is 40.3 Å². The van der Waals surface area contributed by atoms with Crippen molar-refractivity contribution < 1.29 is 5.11 Å². The molecule has 2 aliphatic rings. The van der Waals surface area contributed by atoms with Gasteiger partial charge in [-0.2, -0.15) is 0 Å². The second-order valence-electron chi connectivity index (χ2n) is 7.93. The van der Waals surface area contributed by atoms with Gasteiger partial charge in [0.05, 0.1) is 5.69 Å². The minimum absolute atomic E-state index is 0.0151. The lowest BCUT2D eigenvalue weighted by molar-refractivity contribution is 0.364. The van der Waals surface area contributed by atoms with Crippen molar-refractivity contribution in [2.45, 2.75) is 51.0 Å². The molecule has 144 valence electrons. The van der Waals surface area contributed by atoms with Crippen LogP contribution in [0.2, 0.25) is 0 Å². The number of aromatic hydroxyl groups is 1. The van der Waals surface area contributed by atoms with Crippen LogP contribution in [-0.2, 0) is 6.42 Å². The molecule has 27 heavy (non-hydrogen) atoms. The maximum Gasteiger partial charge on any atom is 0.293 e. The maximum absolute atomic E-state index is 12.5. The lowest BCUT2D eigenvalue weighted by Crippen LogP contribution is -2.37. The van der Waals surface area contributed by atoms with E-state index >= 15 is 0 Å². The van der Waals surface area contributed by atoms with Gasteiger partial charge >= 0.3 is 0 Å². The van der Waals surface area contributed by atoms with Crippen LogP contribution in [0.4, 0.5) is 5.82 Å². The van der Waals surface area contributed by atoms with Gasteiger partial charge in [-0.1, -0.05) is 31.7 Å². The van der Waals surface area contributed by atoms with Crippen molar-refractivity contribution in [3.63, 3.8) is 0 Å². The molecule has 1 unspecified atom stereocenters. The van der Waals surface area contributed by atoms with Crippen molar-refractivity contribution in [1.29, 1.82) is 0 Å². The monoisotopic (exact) mass is 368 g/mol. The van der Waals surface area contributed by atoms with Gasteiger partial charge in [-0.25, -0.2) is 4.98 Å². The summed E-state index contributed by atoms with van der Waals surface area (Å²) >= 11 is 0. The number of phenolic OH excluding ortho intramolecular Hbond substituents is 1. The predicted octanol–water partition coefficient (Wildman–Crippen LogP) is 2.86. The highest BCUT2D eigenvalue weighted by Crippen LogP contribution is 2.33. The molecule has 0 amide bonds. The van der Waals surface area contributed by atoms with Gasteiger partial charge in [0.25, 0.3) is 5.56 Å². The summed E-state index contributed by atoms with van der Waals surface area (Å²) in [5, 5.41) is 13.8. The number of nitrogens with two attached hydrogens (primary N) is 1. The highest BCUT2D eigenvalue weighted by molar-refractivity contribution is 5.68. The van der Waals surface area contributed by atoms with Crippen LogP contribution < -0.4 is 16.6 Å². The topological polar surface area (TPSA) is 93.2 Å². The van der Waals surface area contributed by atoms with Crippen LogP contribution in [0.15, 0.2) is 29.2 Å². The number of anilines is 1. The number of benzene rings is 1. The van der Waals surface area contributed by atoms with Gasteiger partial charge in [0, 0.05) is 24.3 Å². The van der Waals surface area contributed by atoms with E-state index in [4.69, 9.17) is 5.73 Å². The molecule has 1 aromatic carbocycles. The van der Waals surface area contributed by atoms with Gasteiger partial charge in [-0.05, 0) is 49.4 Å². The fourth-order valence-electron chi connectivity index (χ4n) is 4.46. The van der Waals surface area contributed by atoms with E-state index in [-0.39, 0.29) is 23.2 Å². The molecule has 1 saturated heterocycles. The Kier molecular flexibility index (Phi) is 5.16. The molecule has 6 nitrogen and oxygen atoms in total. The van der Waals surface area contributed by atoms with Crippen molar-refractivity contribution in [1.82, 2.24) is 14.9 Å². The van der Waals surface area contributed by atoms with Crippen LogP contribution >= 0.6 is 0 Å². The Labute approximate surface area is 159 Å². The Morgan fingerprint density at radius 3 is 2.78 bits per heavy atom. The molecule has 4 rings (SSSR count). The molecule has 2 fully saturated rings. The normalized spacial score (nSPS) is 20.8. The summed E-state index contributed by atoms with van der Waals surface area (Å²) < 4.78 is 1.69. The number of aromatic nitrogens is 2. The lowest BCUT2D eigenvalue weighted by atomic mass is 9.96. The largest absolute Gasteiger partial charge is 0.507 e. The Morgan fingerprint density at radius 1 is 1.22 bits per heavy atom. The molecule has 6 heteroatoms. The van der Waals surface area contributed by atoms with Gasteiger partial charge in [-0.15, -0.1) is 0 Å². The van der Waals surface area contributed by atoms with Crippen LogP contribution in [0.3, 0.4) is 0 Å². The first-order chi connectivity index (χ1) is 13.1. The number of hydrogen-bond acceptors (Lipinski definition) is 5. The zero-order valence-electron chi connectivity index (χ0n) is 15.7. The first-order valence-corrected chi connectivity index (χ1v) is 10.0. The SMILES string of the molecule is Nc1nc(-c2cc(CC3CCCC3)ccc2O)cn(C2CCCNC2)c1=O. The molecule has 2 aromatic rings. The smallest absolute Gasteiger partial charge is 0.293 e. The van der Waals surface area contributed by atoms with Crippen LogP contribution in [0.25, 0.3) is 11.3 Å². The number of nitrogens with zero attached hydrogens (tertiary/aromatic N) is 2. The second kappa shape index (κ2) is 7.72. The number of hydrogen-bond donors (Lipinski definition) is 3. The second-order valence-corrected chi connectivity index (χ2v) is 7.93. The van der Waals surface area contributed by atoms with E-state index in [0.717, 1.165) is 38.3 Å². The van der Waals surface area contributed by atoms with E-state index in [1.807, 2.05) is 12.1 Å². The first kappa shape index (κ1) is 18.0. The van der Waals surface area contributed by atoms with E-state index < -0.39 is 0 Å². The summed E-state index contributed by atoms with van der Waals surface area (Å²) in [6.45, 7) is 1.72. The van der Waals surface area contributed by atoms with Gasteiger partial charge in [0.15, 0.2) is 5.82 Å². The zero-order valence-corrected chi connectivity index (χ0v) is 15.7. The summed E-state index contributed by atoms with van der Waals surface area (Å²) in [6, 6.07) is 5.79. The van der Waals surface area contributed by atoms with Crippen LogP contribution in [-0.4, -0.2) is 27.7 Å². The molecule has 1 aromatic heterocycles. The minimum Gasteiger partial charge on any atom is -0.507 e. The van der Waals surface area contributed by atoms with Crippen LogP contribution in [0, 0.1) is 5.92 Å². The summed E-state index contributed by atoms with van der Waals surface area (Å²) in [5.41, 5.74) is 8.09. The molecular formula is C21H28N4O2. The van der Waals surface area contributed by atoms with E-state index in [0.29, 0.717) is 11.3 Å². The molecule has 0 spiro atoms. The van der Waals surface area contributed by atoms with E-state index in [1.54, 1.807) is 16.8 Å². The van der Waals surface area contributed by atoms with Crippen molar-refractivity contribution in [3.8, 4) is 17.0 Å². The van der Waals surface area contributed by atoms with Crippen molar-refractivity contribution in [2.75, 3.05) is 18.8 Å².